The molecule has 1 fully saturated rings. The lowest BCUT2D eigenvalue weighted by atomic mass is 9.78. The maximum absolute atomic E-state index is 13.2. The van der Waals surface area contributed by atoms with Crippen LogP contribution >= 0.6 is 0 Å². The zero-order valence-electron chi connectivity index (χ0n) is 8.88. The molecule has 0 radical (unpaired) electrons. The van der Waals surface area contributed by atoms with Gasteiger partial charge in [0.15, 0.2) is 0 Å². The molecule has 1 saturated carbocycles. The van der Waals surface area contributed by atoms with Gasteiger partial charge in [0.25, 0.3) is 0 Å². The van der Waals surface area contributed by atoms with Crippen molar-refractivity contribution in [2.75, 3.05) is 6.61 Å². The summed E-state index contributed by atoms with van der Waals surface area (Å²) in [5.74, 6) is -21.7. The fourth-order valence-electron chi connectivity index (χ4n) is 1.48. The molecule has 0 aromatic carbocycles. The van der Waals surface area contributed by atoms with Crippen LogP contribution in [0, 0.1) is 0 Å². The molecule has 102 valence electrons. The van der Waals surface area contributed by atoms with Crippen LogP contribution in [0.2, 0.25) is 0 Å². The van der Waals surface area contributed by atoms with E-state index < -0.39 is 30.2 Å². The van der Waals surface area contributed by atoms with Crippen molar-refractivity contribution in [2.45, 2.75) is 49.8 Å². The van der Waals surface area contributed by atoms with Crippen molar-refractivity contribution in [1.29, 1.82) is 0 Å². The first-order valence-electron chi connectivity index (χ1n) is 5.02. The highest BCUT2D eigenvalue weighted by atomic mass is 19.4. The van der Waals surface area contributed by atoms with Gasteiger partial charge in [0.1, 0.15) is 0 Å². The van der Waals surface area contributed by atoms with E-state index in [0.717, 1.165) is 0 Å². The molecule has 17 heavy (non-hydrogen) atoms. The molecule has 1 aliphatic carbocycles. The summed E-state index contributed by atoms with van der Waals surface area (Å²) in [6.45, 7) is 0.970. The minimum absolute atomic E-state index is 0.0416. The normalized spacial score (nSPS) is 27.5. The van der Waals surface area contributed by atoms with Crippen molar-refractivity contribution in [3.05, 3.63) is 0 Å². The standard InChI is InChI=1S/C9H11F7O/c1-2-3-4-5-17-9(16)7(12,13)6(10,11)8(9,14)15/h2-5H2,1H3. The molecule has 0 aromatic rings. The molecule has 0 amide bonds. The number of hydrogen-bond donors (Lipinski definition) is 0. The second kappa shape index (κ2) is 4.00. The van der Waals surface area contributed by atoms with Crippen LogP contribution in [0.4, 0.5) is 30.7 Å². The van der Waals surface area contributed by atoms with Gasteiger partial charge in [-0.15, -0.1) is 0 Å². The fraction of sp³-hybridized carbons (Fsp3) is 1.00. The molecule has 1 rings (SSSR count). The van der Waals surface area contributed by atoms with E-state index >= 15 is 0 Å². The van der Waals surface area contributed by atoms with E-state index in [1.54, 1.807) is 6.92 Å². The smallest absolute Gasteiger partial charge is 0.336 e. The summed E-state index contributed by atoms with van der Waals surface area (Å²) in [6, 6.07) is 0. The van der Waals surface area contributed by atoms with Gasteiger partial charge < -0.3 is 4.74 Å². The van der Waals surface area contributed by atoms with Gasteiger partial charge in [-0.25, -0.2) is 0 Å². The Morgan fingerprint density at radius 2 is 1.24 bits per heavy atom. The average molecular weight is 268 g/mol. The Labute approximate surface area is 92.9 Å². The highest BCUT2D eigenvalue weighted by Gasteiger charge is 3.01. The maximum Gasteiger partial charge on any atom is 0.384 e. The molecule has 0 unspecified atom stereocenters. The van der Waals surface area contributed by atoms with Crippen molar-refractivity contribution in [2.24, 2.45) is 0 Å². The van der Waals surface area contributed by atoms with Gasteiger partial charge in [-0.2, -0.15) is 30.7 Å². The third-order valence-electron chi connectivity index (χ3n) is 2.65. The van der Waals surface area contributed by atoms with Crippen LogP contribution in [0.25, 0.3) is 0 Å². The third-order valence-corrected chi connectivity index (χ3v) is 2.65. The van der Waals surface area contributed by atoms with Crippen LogP contribution in [0.5, 0.6) is 0 Å². The van der Waals surface area contributed by atoms with Crippen molar-refractivity contribution in [3.63, 3.8) is 0 Å². The number of hydrogen-bond acceptors (Lipinski definition) is 1. The molecular formula is C9H11F7O. The quantitative estimate of drug-likeness (QED) is 0.544. The van der Waals surface area contributed by atoms with Crippen molar-refractivity contribution >= 4 is 0 Å². The van der Waals surface area contributed by atoms with Gasteiger partial charge in [0, 0.05) is 0 Å². The van der Waals surface area contributed by atoms with Crippen molar-refractivity contribution in [1.82, 2.24) is 0 Å². The number of rotatable bonds is 5. The van der Waals surface area contributed by atoms with Crippen LogP contribution < -0.4 is 0 Å². The predicted octanol–water partition coefficient (Wildman–Crippen LogP) is 3.78. The molecule has 0 heterocycles. The topological polar surface area (TPSA) is 9.23 Å². The summed E-state index contributed by atoms with van der Waals surface area (Å²) in [5.41, 5.74) is 0. The Morgan fingerprint density at radius 1 is 0.765 bits per heavy atom. The molecule has 1 nitrogen and oxygen atoms in total. The second-order valence-electron chi connectivity index (χ2n) is 3.87. The highest BCUT2D eigenvalue weighted by Crippen LogP contribution is 2.68. The van der Waals surface area contributed by atoms with Gasteiger partial charge in [-0.1, -0.05) is 19.8 Å². The first kappa shape index (κ1) is 14.5. The zero-order valence-corrected chi connectivity index (χ0v) is 8.88. The first-order valence-corrected chi connectivity index (χ1v) is 5.02. The molecule has 0 saturated heterocycles. The van der Waals surface area contributed by atoms with Crippen LogP contribution in [0.15, 0.2) is 0 Å². The van der Waals surface area contributed by atoms with E-state index in [1.807, 2.05) is 0 Å². The van der Waals surface area contributed by atoms with E-state index in [-0.39, 0.29) is 6.42 Å². The number of unbranched alkanes of at least 4 members (excludes halogenated alkanes) is 2. The van der Waals surface area contributed by atoms with Gasteiger partial charge in [0.2, 0.25) is 0 Å². The average Bonchev–Trinajstić information content (AvgIpc) is 2.22. The summed E-state index contributed by atoms with van der Waals surface area (Å²) >= 11 is 0. The number of alkyl halides is 7. The number of ether oxygens (including phenoxy) is 1. The van der Waals surface area contributed by atoms with Gasteiger partial charge in [-0.3, -0.25) is 0 Å². The summed E-state index contributed by atoms with van der Waals surface area (Å²) in [4.78, 5) is 0. The minimum Gasteiger partial charge on any atom is -0.336 e. The molecule has 0 atom stereocenters. The molecule has 0 aromatic heterocycles. The van der Waals surface area contributed by atoms with E-state index in [1.165, 1.54) is 0 Å². The molecule has 0 aliphatic heterocycles. The fourth-order valence-corrected chi connectivity index (χ4v) is 1.48. The molecule has 0 N–H and O–H groups in total. The van der Waals surface area contributed by atoms with Crippen LogP contribution in [0.1, 0.15) is 26.2 Å². The Bertz CT molecular complexity index is 271. The zero-order chi connectivity index (χ0) is 13.5. The van der Waals surface area contributed by atoms with Crippen LogP contribution in [-0.4, -0.2) is 30.2 Å². The molecule has 1 aliphatic rings. The SMILES string of the molecule is CCCCCOC1(F)C(F)(F)C(F)(F)C1(F)F. The van der Waals surface area contributed by atoms with Gasteiger partial charge >= 0.3 is 23.6 Å². The Balaban J connectivity index is 2.75. The summed E-state index contributed by atoms with van der Waals surface area (Å²) in [6.07, 6.45) is 1.09. The van der Waals surface area contributed by atoms with Crippen molar-refractivity contribution in [3.8, 4) is 0 Å². The van der Waals surface area contributed by atoms with Crippen LogP contribution in [-0.2, 0) is 4.74 Å². The van der Waals surface area contributed by atoms with E-state index in [0.29, 0.717) is 12.8 Å². The highest BCUT2D eigenvalue weighted by molar-refractivity contribution is 5.23. The maximum atomic E-state index is 13.2. The predicted molar refractivity (Wildman–Crippen MR) is 44.2 cm³/mol. The Kier molecular flexibility index (Phi) is 3.42. The Morgan fingerprint density at radius 3 is 1.65 bits per heavy atom. The number of halogens is 7. The third kappa shape index (κ3) is 1.56. The molecule has 0 spiro atoms. The summed E-state index contributed by atoms with van der Waals surface area (Å²) < 4.78 is 92.1. The van der Waals surface area contributed by atoms with Gasteiger partial charge in [0.05, 0.1) is 6.61 Å². The second-order valence-corrected chi connectivity index (χ2v) is 3.87. The molecule has 8 heteroatoms. The van der Waals surface area contributed by atoms with E-state index in [2.05, 4.69) is 4.74 Å². The molecular weight excluding hydrogens is 257 g/mol. The van der Waals surface area contributed by atoms with E-state index in [9.17, 15) is 30.7 Å². The van der Waals surface area contributed by atoms with Crippen LogP contribution in [0.3, 0.4) is 0 Å². The Hall–Kier alpha value is -0.530. The summed E-state index contributed by atoms with van der Waals surface area (Å²) in [5, 5.41) is 0. The summed E-state index contributed by atoms with van der Waals surface area (Å²) in [7, 11) is 0. The largest absolute Gasteiger partial charge is 0.384 e. The first-order chi connectivity index (χ1) is 7.56. The lowest BCUT2D eigenvalue weighted by Gasteiger charge is -2.52. The monoisotopic (exact) mass is 268 g/mol. The van der Waals surface area contributed by atoms with Crippen molar-refractivity contribution < 1.29 is 35.5 Å². The lowest BCUT2D eigenvalue weighted by Crippen LogP contribution is -2.85. The minimum atomic E-state index is -5.72. The van der Waals surface area contributed by atoms with Gasteiger partial charge in [-0.05, 0) is 6.42 Å². The molecule has 0 bridgehead atoms. The lowest BCUT2D eigenvalue weighted by molar-refractivity contribution is -0.532. The van der Waals surface area contributed by atoms with E-state index in [4.69, 9.17) is 0 Å².